The molecule has 10 heteroatoms. The van der Waals surface area contributed by atoms with Gasteiger partial charge in [-0.1, -0.05) is 24.6 Å². The van der Waals surface area contributed by atoms with Gasteiger partial charge in [-0.15, -0.1) is 5.10 Å². The molecule has 0 spiro atoms. The predicted molar refractivity (Wildman–Crippen MR) is 150 cm³/mol. The molecule has 0 amide bonds. The monoisotopic (exact) mass is 535 g/mol. The second-order valence-corrected chi connectivity index (χ2v) is 10.9. The third kappa shape index (κ3) is 4.88. The lowest BCUT2D eigenvalue weighted by atomic mass is 9.98. The highest BCUT2D eigenvalue weighted by Crippen LogP contribution is 2.33. The molecule has 0 radical (unpaired) electrons. The molecule has 0 unspecified atom stereocenters. The molecule has 0 bridgehead atoms. The first-order chi connectivity index (χ1) is 18.2. The third-order valence-electron chi connectivity index (χ3n) is 7.74. The van der Waals surface area contributed by atoms with Crippen molar-refractivity contribution in [3.05, 3.63) is 74.8 Å². The largest absolute Gasteiger partial charge is 0.497 e. The summed E-state index contributed by atoms with van der Waals surface area (Å²) in [6, 6.07) is 13.2. The van der Waals surface area contributed by atoms with Crippen molar-refractivity contribution in [3.63, 3.8) is 0 Å². The number of piperazine rings is 1. The fourth-order valence-corrected chi connectivity index (χ4v) is 5.29. The Labute approximate surface area is 227 Å². The van der Waals surface area contributed by atoms with Crippen LogP contribution in [0.5, 0.6) is 5.75 Å². The number of fused-ring (bicyclic) bond motifs is 1. The molecule has 5 rings (SSSR count). The number of anilines is 1. The Morgan fingerprint density at radius 1 is 1.11 bits per heavy atom. The van der Waals surface area contributed by atoms with Crippen LogP contribution in [-0.2, 0) is 5.54 Å². The molecule has 9 nitrogen and oxygen atoms in total. The number of aromatic nitrogens is 5. The number of tetrazole rings is 1. The number of benzene rings is 2. The molecule has 1 fully saturated rings. The van der Waals surface area contributed by atoms with Crippen LogP contribution in [0.1, 0.15) is 50.2 Å². The van der Waals surface area contributed by atoms with Crippen molar-refractivity contribution in [1.29, 1.82) is 0 Å². The Morgan fingerprint density at radius 2 is 1.87 bits per heavy atom. The van der Waals surface area contributed by atoms with E-state index in [1.165, 1.54) is 5.56 Å². The normalized spacial score (nSPS) is 15.7. The van der Waals surface area contributed by atoms with Crippen molar-refractivity contribution in [2.45, 2.75) is 45.7 Å². The van der Waals surface area contributed by atoms with E-state index in [1.54, 1.807) is 7.11 Å². The number of halogens is 1. The second-order valence-electron chi connectivity index (χ2n) is 10.5. The summed E-state index contributed by atoms with van der Waals surface area (Å²) in [5.74, 6) is 1.39. The molecule has 1 aliphatic rings. The van der Waals surface area contributed by atoms with E-state index in [0.717, 1.165) is 60.0 Å². The van der Waals surface area contributed by atoms with Crippen LogP contribution in [0.3, 0.4) is 0 Å². The van der Waals surface area contributed by atoms with Crippen molar-refractivity contribution in [2.24, 2.45) is 0 Å². The first kappa shape index (κ1) is 26.2. The van der Waals surface area contributed by atoms with E-state index in [9.17, 15) is 4.79 Å². The number of H-pyrrole nitrogens is 1. The maximum absolute atomic E-state index is 13.5. The van der Waals surface area contributed by atoms with E-state index in [1.807, 2.05) is 41.1 Å². The maximum atomic E-state index is 13.5. The van der Waals surface area contributed by atoms with E-state index in [2.05, 4.69) is 64.1 Å². The van der Waals surface area contributed by atoms with Gasteiger partial charge < -0.3 is 14.6 Å². The summed E-state index contributed by atoms with van der Waals surface area (Å²) in [6.45, 7) is 11.5. The highest BCUT2D eigenvalue weighted by molar-refractivity contribution is 6.30. The van der Waals surface area contributed by atoms with Gasteiger partial charge in [0.05, 0.1) is 12.6 Å². The summed E-state index contributed by atoms with van der Waals surface area (Å²) in [5.41, 5.74) is 3.23. The molecule has 4 aromatic rings. The minimum atomic E-state index is -0.419. The molecule has 3 heterocycles. The van der Waals surface area contributed by atoms with Crippen LogP contribution >= 0.6 is 11.6 Å². The molecule has 1 aliphatic heterocycles. The van der Waals surface area contributed by atoms with Gasteiger partial charge >= 0.3 is 0 Å². The van der Waals surface area contributed by atoms with Gasteiger partial charge in [-0.25, -0.2) is 4.68 Å². The number of nitrogens with zero attached hydrogens (tertiary/aromatic N) is 6. The van der Waals surface area contributed by atoms with Crippen LogP contribution in [0.4, 0.5) is 5.69 Å². The lowest BCUT2D eigenvalue weighted by Crippen LogP contribution is -2.49. The van der Waals surface area contributed by atoms with Gasteiger partial charge in [0.2, 0.25) is 0 Å². The second kappa shape index (κ2) is 10.4. The van der Waals surface area contributed by atoms with Gasteiger partial charge in [0.1, 0.15) is 11.8 Å². The minimum absolute atomic E-state index is 0.148. The van der Waals surface area contributed by atoms with E-state index < -0.39 is 6.04 Å². The van der Waals surface area contributed by atoms with Gasteiger partial charge in [0.25, 0.3) is 5.56 Å². The Morgan fingerprint density at radius 3 is 2.58 bits per heavy atom. The van der Waals surface area contributed by atoms with Crippen LogP contribution in [0.2, 0.25) is 5.02 Å². The van der Waals surface area contributed by atoms with Gasteiger partial charge in [-0.05, 0) is 79.6 Å². The van der Waals surface area contributed by atoms with E-state index >= 15 is 0 Å². The summed E-state index contributed by atoms with van der Waals surface area (Å²) >= 11 is 6.31. The van der Waals surface area contributed by atoms with Gasteiger partial charge in [-0.2, -0.15) is 0 Å². The highest BCUT2D eigenvalue weighted by atomic mass is 35.5. The van der Waals surface area contributed by atoms with Crippen molar-refractivity contribution in [1.82, 2.24) is 30.1 Å². The fourth-order valence-electron chi connectivity index (χ4n) is 5.12. The maximum Gasteiger partial charge on any atom is 0.253 e. The van der Waals surface area contributed by atoms with Crippen molar-refractivity contribution in [2.75, 3.05) is 38.2 Å². The first-order valence-electron chi connectivity index (χ1n) is 13.0. The smallest absolute Gasteiger partial charge is 0.253 e. The predicted octanol–water partition coefficient (Wildman–Crippen LogP) is 4.54. The number of aromatic amines is 1. The lowest BCUT2D eigenvalue weighted by Gasteiger charge is -2.40. The molecule has 0 saturated carbocycles. The van der Waals surface area contributed by atoms with E-state index in [-0.39, 0.29) is 11.1 Å². The van der Waals surface area contributed by atoms with E-state index in [0.29, 0.717) is 11.4 Å². The SMILES string of the molecule is CCC(C)(C)n1nnnc1[C@H](c1cc2cc(OC)ccc2[nH]c1=O)N1CCN(c2cc(Cl)ccc2C)CC1. The summed E-state index contributed by atoms with van der Waals surface area (Å²) in [4.78, 5) is 21.3. The molecule has 2 aromatic carbocycles. The summed E-state index contributed by atoms with van der Waals surface area (Å²) in [6.07, 6.45) is 0.838. The molecular weight excluding hydrogens is 502 g/mol. The average Bonchev–Trinajstić information content (AvgIpc) is 3.41. The molecule has 1 saturated heterocycles. The Kier molecular flexibility index (Phi) is 7.15. The van der Waals surface area contributed by atoms with Gasteiger partial charge in [0, 0.05) is 53.4 Å². The number of hydrogen-bond acceptors (Lipinski definition) is 7. The van der Waals surface area contributed by atoms with Crippen LogP contribution in [0.25, 0.3) is 10.9 Å². The van der Waals surface area contributed by atoms with Crippen LogP contribution in [0.15, 0.2) is 47.3 Å². The zero-order chi connectivity index (χ0) is 27.0. The number of rotatable bonds is 7. The number of aryl methyl sites for hydroxylation is 1. The lowest BCUT2D eigenvalue weighted by molar-refractivity contribution is 0.186. The Balaban J connectivity index is 1.57. The van der Waals surface area contributed by atoms with E-state index in [4.69, 9.17) is 16.3 Å². The Bertz CT molecular complexity index is 1500. The fraction of sp³-hybridized carbons (Fsp3) is 0.429. The number of nitrogens with one attached hydrogen (secondary N) is 1. The van der Waals surface area contributed by atoms with Crippen LogP contribution in [-0.4, -0.2) is 63.4 Å². The van der Waals surface area contributed by atoms with Crippen molar-refractivity contribution < 1.29 is 4.74 Å². The molecule has 2 aromatic heterocycles. The number of ether oxygens (including phenoxy) is 1. The van der Waals surface area contributed by atoms with Gasteiger partial charge in [-0.3, -0.25) is 9.69 Å². The first-order valence-corrected chi connectivity index (χ1v) is 13.3. The van der Waals surface area contributed by atoms with Crippen molar-refractivity contribution in [3.8, 4) is 5.75 Å². The third-order valence-corrected chi connectivity index (χ3v) is 7.98. The standard InChI is InChI=1S/C28H34ClN7O2/c1-6-28(3,4)36-26(31-32-33-36)25(22-16-19-15-21(38-5)9-10-23(19)30-27(22)37)35-13-11-34(12-14-35)24-17-20(29)8-7-18(24)2/h7-10,15-17,25H,6,11-14H2,1-5H3,(H,30,37)/t25-/m0/s1. The van der Waals surface area contributed by atoms with Gasteiger partial charge in [0.15, 0.2) is 5.82 Å². The number of pyridine rings is 1. The molecule has 0 aliphatic carbocycles. The number of hydrogen-bond donors (Lipinski definition) is 1. The summed E-state index contributed by atoms with van der Waals surface area (Å²) in [5, 5.41) is 14.5. The molecule has 1 N–H and O–H groups in total. The van der Waals surface area contributed by atoms with Crippen LogP contribution in [0, 0.1) is 6.92 Å². The zero-order valence-corrected chi connectivity index (χ0v) is 23.3. The van der Waals surface area contributed by atoms with Crippen LogP contribution < -0.4 is 15.2 Å². The summed E-state index contributed by atoms with van der Waals surface area (Å²) < 4.78 is 7.31. The minimum Gasteiger partial charge on any atom is -0.497 e. The average molecular weight is 536 g/mol. The number of methoxy groups -OCH3 is 1. The topological polar surface area (TPSA) is 92.2 Å². The molecular formula is C28H34ClN7O2. The molecule has 200 valence electrons. The molecule has 1 atom stereocenters. The quantitative estimate of drug-likeness (QED) is 0.371. The highest BCUT2D eigenvalue weighted by Gasteiger charge is 2.36. The molecule has 38 heavy (non-hydrogen) atoms. The zero-order valence-electron chi connectivity index (χ0n) is 22.5. The van der Waals surface area contributed by atoms with Crippen molar-refractivity contribution >= 4 is 28.2 Å². The summed E-state index contributed by atoms with van der Waals surface area (Å²) in [7, 11) is 1.64. The Hall–Kier alpha value is -3.43.